The normalized spacial score (nSPS) is 11.7. The van der Waals surface area contributed by atoms with E-state index in [9.17, 15) is 9.59 Å². The SMILES string of the molecule is Cc1ccc2c(c1)c(=O)oc(=O)n2CCOc1ccc(C(C)(C)C)cc1. The van der Waals surface area contributed by atoms with Crippen LogP contribution in [-0.2, 0) is 12.0 Å². The smallest absolute Gasteiger partial charge is 0.422 e. The zero-order valence-corrected chi connectivity index (χ0v) is 15.5. The molecule has 3 aromatic rings. The summed E-state index contributed by atoms with van der Waals surface area (Å²) in [6.07, 6.45) is 0. The van der Waals surface area contributed by atoms with Crippen molar-refractivity contribution in [1.82, 2.24) is 4.57 Å². The summed E-state index contributed by atoms with van der Waals surface area (Å²) >= 11 is 0. The van der Waals surface area contributed by atoms with Gasteiger partial charge in [0, 0.05) is 0 Å². The first-order valence-corrected chi connectivity index (χ1v) is 8.63. The highest BCUT2D eigenvalue weighted by Crippen LogP contribution is 2.24. The van der Waals surface area contributed by atoms with Crippen LogP contribution in [0.5, 0.6) is 5.75 Å². The minimum absolute atomic E-state index is 0.0878. The van der Waals surface area contributed by atoms with Crippen molar-refractivity contribution < 1.29 is 9.15 Å². The Balaban J connectivity index is 1.78. The van der Waals surface area contributed by atoms with Crippen LogP contribution in [-0.4, -0.2) is 11.2 Å². The molecule has 0 amide bonds. The molecule has 0 atom stereocenters. The van der Waals surface area contributed by atoms with E-state index >= 15 is 0 Å². The number of rotatable bonds is 4. The zero-order chi connectivity index (χ0) is 18.9. The Hall–Kier alpha value is -2.82. The van der Waals surface area contributed by atoms with Gasteiger partial charge in [-0.25, -0.2) is 9.59 Å². The number of aromatic nitrogens is 1. The fourth-order valence-electron chi connectivity index (χ4n) is 2.85. The molecule has 5 nitrogen and oxygen atoms in total. The first kappa shape index (κ1) is 18.0. The van der Waals surface area contributed by atoms with Gasteiger partial charge < -0.3 is 9.15 Å². The zero-order valence-electron chi connectivity index (χ0n) is 15.5. The Labute approximate surface area is 151 Å². The van der Waals surface area contributed by atoms with Crippen LogP contribution in [0, 0.1) is 6.92 Å². The van der Waals surface area contributed by atoms with Crippen molar-refractivity contribution in [3.05, 3.63) is 74.6 Å². The Kier molecular flexibility index (Phi) is 4.72. The molecule has 0 bridgehead atoms. The van der Waals surface area contributed by atoms with Crippen LogP contribution in [0.4, 0.5) is 0 Å². The van der Waals surface area contributed by atoms with Gasteiger partial charge in [0.1, 0.15) is 12.4 Å². The number of hydrogen-bond donors (Lipinski definition) is 0. The van der Waals surface area contributed by atoms with Crippen molar-refractivity contribution >= 4 is 10.9 Å². The molecule has 0 radical (unpaired) electrons. The Bertz CT molecular complexity index is 1040. The molecule has 0 saturated heterocycles. The number of aryl methyl sites for hydroxylation is 1. The monoisotopic (exact) mass is 353 g/mol. The standard InChI is InChI=1S/C21H23NO4/c1-14-5-10-18-17(13-14)19(23)26-20(24)22(18)11-12-25-16-8-6-15(7-9-16)21(2,3)4/h5-10,13H,11-12H2,1-4H3. The maximum Gasteiger partial charge on any atom is 0.422 e. The van der Waals surface area contributed by atoms with Crippen LogP contribution in [0.2, 0.25) is 0 Å². The van der Waals surface area contributed by atoms with E-state index in [1.165, 1.54) is 10.1 Å². The number of nitrogens with zero attached hydrogens (tertiary/aromatic N) is 1. The third-order valence-electron chi connectivity index (χ3n) is 4.37. The molecule has 3 rings (SSSR count). The number of benzene rings is 2. The summed E-state index contributed by atoms with van der Waals surface area (Å²) in [5, 5.41) is 0.402. The summed E-state index contributed by atoms with van der Waals surface area (Å²) in [5.74, 6) is 0.0709. The van der Waals surface area contributed by atoms with Crippen LogP contribution in [0.3, 0.4) is 0 Å². The van der Waals surface area contributed by atoms with Crippen LogP contribution >= 0.6 is 0 Å². The maximum absolute atomic E-state index is 12.1. The molecule has 0 N–H and O–H groups in total. The van der Waals surface area contributed by atoms with Crippen LogP contribution < -0.4 is 16.1 Å². The van der Waals surface area contributed by atoms with Gasteiger partial charge in [-0.15, -0.1) is 0 Å². The predicted octanol–water partition coefficient (Wildman–Crippen LogP) is 3.64. The summed E-state index contributed by atoms with van der Waals surface area (Å²) in [4.78, 5) is 24.0. The molecule has 0 spiro atoms. The summed E-state index contributed by atoms with van der Waals surface area (Å²) in [6, 6.07) is 13.3. The largest absolute Gasteiger partial charge is 0.492 e. The topological polar surface area (TPSA) is 61.4 Å². The van der Waals surface area contributed by atoms with Gasteiger partial charge in [-0.2, -0.15) is 0 Å². The minimum Gasteiger partial charge on any atom is -0.492 e. The molecule has 5 heteroatoms. The van der Waals surface area contributed by atoms with E-state index in [1.807, 2.05) is 37.3 Å². The summed E-state index contributed by atoms with van der Waals surface area (Å²) in [5.41, 5.74) is 2.20. The molecule has 136 valence electrons. The fourth-order valence-corrected chi connectivity index (χ4v) is 2.85. The van der Waals surface area contributed by atoms with E-state index < -0.39 is 11.4 Å². The number of hydrogen-bond acceptors (Lipinski definition) is 4. The van der Waals surface area contributed by atoms with E-state index in [1.54, 1.807) is 12.1 Å². The maximum atomic E-state index is 12.1. The van der Waals surface area contributed by atoms with Crippen molar-refractivity contribution in [1.29, 1.82) is 0 Å². The van der Waals surface area contributed by atoms with Gasteiger partial charge in [0.2, 0.25) is 0 Å². The molecule has 0 aliphatic rings. The average Bonchev–Trinajstić information content (AvgIpc) is 2.58. The van der Waals surface area contributed by atoms with Crippen LogP contribution in [0.1, 0.15) is 31.9 Å². The number of fused-ring (bicyclic) bond motifs is 1. The van der Waals surface area contributed by atoms with Gasteiger partial charge in [0.25, 0.3) is 0 Å². The minimum atomic E-state index is -0.668. The second kappa shape index (κ2) is 6.83. The van der Waals surface area contributed by atoms with Crippen molar-refractivity contribution in [3.8, 4) is 5.75 Å². The quantitative estimate of drug-likeness (QED) is 0.718. The summed E-state index contributed by atoms with van der Waals surface area (Å²) < 4.78 is 12.0. The summed E-state index contributed by atoms with van der Waals surface area (Å²) in [6.45, 7) is 8.95. The van der Waals surface area contributed by atoms with Crippen LogP contribution in [0.25, 0.3) is 10.9 Å². The third-order valence-corrected chi connectivity index (χ3v) is 4.37. The van der Waals surface area contributed by atoms with Crippen molar-refractivity contribution in [2.75, 3.05) is 6.61 Å². The highest BCUT2D eigenvalue weighted by Gasteiger charge is 2.13. The van der Waals surface area contributed by atoms with Gasteiger partial charge >= 0.3 is 11.4 Å². The van der Waals surface area contributed by atoms with Gasteiger partial charge in [-0.3, -0.25) is 4.57 Å². The highest BCUT2D eigenvalue weighted by molar-refractivity contribution is 5.78. The molecule has 1 heterocycles. The van der Waals surface area contributed by atoms with Crippen molar-refractivity contribution in [2.45, 2.75) is 39.7 Å². The molecule has 1 aromatic heterocycles. The van der Waals surface area contributed by atoms with E-state index in [0.29, 0.717) is 24.1 Å². The predicted molar refractivity (Wildman–Crippen MR) is 102 cm³/mol. The third kappa shape index (κ3) is 3.72. The van der Waals surface area contributed by atoms with Gasteiger partial charge in [0.05, 0.1) is 17.4 Å². The lowest BCUT2D eigenvalue weighted by Crippen LogP contribution is -2.27. The second-order valence-corrected chi connectivity index (χ2v) is 7.45. The number of ether oxygens (including phenoxy) is 1. The fraction of sp³-hybridized carbons (Fsp3) is 0.333. The molecule has 0 saturated carbocycles. The molecule has 2 aromatic carbocycles. The molecular formula is C21H23NO4. The lowest BCUT2D eigenvalue weighted by atomic mass is 9.87. The molecule has 0 unspecified atom stereocenters. The average molecular weight is 353 g/mol. The van der Waals surface area contributed by atoms with E-state index in [0.717, 1.165) is 11.3 Å². The van der Waals surface area contributed by atoms with E-state index in [-0.39, 0.29) is 5.41 Å². The molecule has 0 aliphatic heterocycles. The van der Waals surface area contributed by atoms with Crippen molar-refractivity contribution in [3.63, 3.8) is 0 Å². The van der Waals surface area contributed by atoms with E-state index in [2.05, 4.69) is 20.8 Å². The molecule has 0 fully saturated rings. The van der Waals surface area contributed by atoms with Crippen LogP contribution in [0.15, 0.2) is 56.5 Å². The lowest BCUT2D eigenvalue weighted by molar-refractivity contribution is 0.287. The Morgan fingerprint density at radius 1 is 1.04 bits per heavy atom. The molecule has 0 aliphatic carbocycles. The molecular weight excluding hydrogens is 330 g/mol. The van der Waals surface area contributed by atoms with Gasteiger partial charge in [-0.1, -0.05) is 44.5 Å². The first-order chi connectivity index (χ1) is 12.3. The van der Waals surface area contributed by atoms with Crippen molar-refractivity contribution in [2.24, 2.45) is 0 Å². The highest BCUT2D eigenvalue weighted by atomic mass is 16.5. The first-order valence-electron chi connectivity index (χ1n) is 8.63. The van der Waals surface area contributed by atoms with Gasteiger partial charge in [0.15, 0.2) is 0 Å². The Morgan fingerprint density at radius 3 is 2.38 bits per heavy atom. The second-order valence-electron chi connectivity index (χ2n) is 7.45. The molecule has 26 heavy (non-hydrogen) atoms. The van der Waals surface area contributed by atoms with Gasteiger partial charge in [-0.05, 0) is 42.2 Å². The lowest BCUT2D eigenvalue weighted by Gasteiger charge is -2.19. The van der Waals surface area contributed by atoms with E-state index in [4.69, 9.17) is 9.15 Å². The summed E-state index contributed by atoms with van der Waals surface area (Å²) in [7, 11) is 0. The Morgan fingerprint density at radius 2 is 1.73 bits per heavy atom.